The van der Waals surface area contributed by atoms with Gasteiger partial charge in [-0.05, 0) is 73.7 Å². The summed E-state index contributed by atoms with van der Waals surface area (Å²) in [6.07, 6.45) is 0.354. The number of rotatable bonds is 21. The number of aryl methyl sites for hydroxylation is 2. The highest BCUT2D eigenvalue weighted by atomic mass is 19.4. The van der Waals surface area contributed by atoms with Crippen molar-refractivity contribution in [1.82, 2.24) is 25.5 Å². The van der Waals surface area contributed by atoms with Crippen LogP contribution in [-0.2, 0) is 52.5 Å². The number of amides is 5. The Bertz CT molecular complexity index is 2430. The quantitative estimate of drug-likeness (QED) is 0.0781. The zero-order valence-corrected chi connectivity index (χ0v) is 37.0. The number of halogens is 3. The van der Waals surface area contributed by atoms with Gasteiger partial charge in [0.2, 0.25) is 23.6 Å². The first-order valence-corrected chi connectivity index (χ1v) is 22.0. The van der Waals surface area contributed by atoms with Crippen LogP contribution in [0.4, 0.5) is 24.5 Å². The maximum Gasteiger partial charge on any atom is 0.416 e. The van der Waals surface area contributed by atoms with Crippen LogP contribution in [0.1, 0.15) is 62.4 Å². The minimum Gasteiger partial charge on any atom is -0.474 e. The smallest absolute Gasteiger partial charge is 0.416 e. The Morgan fingerprint density at radius 3 is 2.48 bits per heavy atom. The Balaban J connectivity index is 0.785. The molecule has 5 amide bonds. The molecule has 67 heavy (non-hydrogen) atoms. The van der Waals surface area contributed by atoms with E-state index in [1.807, 2.05) is 18.2 Å². The summed E-state index contributed by atoms with van der Waals surface area (Å²) < 4.78 is 68.2. The standard InChI is InChI=1S/C47H52F3N7O10/c1-30-37(25-35(27-52-30)54-43(60)32-6-2-8-34(23-32)47(48,49)50)33-24-40(56-13-17-64-18-14-56)45(53-26-33)67-22-21-65-19-20-66-29-42(59)51-12-16-63-15-4-7-31-5-3-9-36-38(31)28-57(46(36)62)39-10-11-41(58)55-44(39)61/h2-3,5-6,8-9,23-27,39H,4,7,10-22,28-29H2,1H3,(H,51,59)(H,54,60)(H,55,58,61). The molecular weight excluding hydrogens is 880 g/mol. The number of benzene rings is 2. The molecule has 5 heterocycles. The molecule has 4 aromatic rings. The number of alkyl halides is 3. The van der Waals surface area contributed by atoms with Crippen molar-refractivity contribution >= 4 is 40.9 Å². The average molecular weight is 932 g/mol. The molecule has 0 saturated carbocycles. The number of anilines is 2. The number of carbonyl (C=O) groups excluding carboxylic acids is 5. The van der Waals surface area contributed by atoms with Crippen LogP contribution in [-0.4, -0.2) is 130 Å². The van der Waals surface area contributed by atoms with Gasteiger partial charge in [-0.2, -0.15) is 13.2 Å². The number of morpholine rings is 1. The second kappa shape index (κ2) is 22.8. The van der Waals surface area contributed by atoms with Crippen molar-refractivity contribution < 1.29 is 60.8 Å². The highest BCUT2D eigenvalue weighted by Crippen LogP contribution is 2.35. The van der Waals surface area contributed by atoms with Crippen molar-refractivity contribution in [2.45, 2.75) is 51.4 Å². The third-order valence-corrected chi connectivity index (χ3v) is 11.3. The first-order valence-electron chi connectivity index (χ1n) is 22.0. The lowest BCUT2D eigenvalue weighted by Crippen LogP contribution is -2.52. The predicted molar refractivity (Wildman–Crippen MR) is 236 cm³/mol. The Morgan fingerprint density at radius 1 is 0.896 bits per heavy atom. The molecule has 3 aliphatic heterocycles. The number of imide groups is 1. The summed E-state index contributed by atoms with van der Waals surface area (Å²) in [7, 11) is 0. The topological polar surface area (TPSA) is 200 Å². The van der Waals surface area contributed by atoms with Crippen molar-refractivity contribution in [2.24, 2.45) is 0 Å². The number of fused-ring (bicyclic) bond motifs is 1. The highest BCUT2D eigenvalue weighted by molar-refractivity contribution is 6.06. The molecule has 3 N–H and O–H groups in total. The summed E-state index contributed by atoms with van der Waals surface area (Å²) >= 11 is 0. The Hall–Kier alpha value is -6.48. The lowest BCUT2D eigenvalue weighted by Gasteiger charge is -2.30. The number of piperidine rings is 1. The SMILES string of the molecule is Cc1ncc(NC(=O)c2cccc(C(F)(F)F)c2)cc1-c1cnc(OCCOCCOCC(=O)NCCOCCCc2cccc3c2CN(C2CCC(=O)NC2=O)C3=O)c(N2CCOCC2)c1. The second-order valence-electron chi connectivity index (χ2n) is 16.0. The van der Waals surface area contributed by atoms with Crippen LogP contribution in [0.5, 0.6) is 5.88 Å². The number of carbonyl (C=O) groups is 5. The van der Waals surface area contributed by atoms with E-state index in [-0.39, 0.29) is 62.7 Å². The van der Waals surface area contributed by atoms with E-state index in [2.05, 4.69) is 30.8 Å². The molecule has 2 fully saturated rings. The molecule has 2 saturated heterocycles. The molecule has 1 atom stereocenters. The van der Waals surface area contributed by atoms with Crippen molar-refractivity contribution in [3.8, 4) is 17.0 Å². The molecular formula is C47H52F3N7O10. The minimum atomic E-state index is -4.59. The van der Waals surface area contributed by atoms with Crippen LogP contribution in [0, 0.1) is 6.92 Å². The molecule has 0 bridgehead atoms. The Labute approximate surface area is 384 Å². The summed E-state index contributed by atoms with van der Waals surface area (Å²) in [6, 6.07) is 12.7. The van der Waals surface area contributed by atoms with Crippen molar-refractivity contribution in [3.05, 3.63) is 101 Å². The van der Waals surface area contributed by atoms with Gasteiger partial charge in [-0.3, -0.25) is 34.3 Å². The molecule has 0 spiro atoms. The van der Waals surface area contributed by atoms with Gasteiger partial charge in [-0.25, -0.2) is 4.98 Å². The summed E-state index contributed by atoms with van der Waals surface area (Å²) in [6.45, 7) is 6.07. The average Bonchev–Trinajstić information content (AvgIpc) is 3.66. The second-order valence-corrected chi connectivity index (χ2v) is 16.0. The van der Waals surface area contributed by atoms with Crippen LogP contribution in [0.15, 0.2) is 67.0 Å². The molecule has 7 rings (SSSR count). The third-order valence-electron chi connectivity index (χ3n) is 11.3. The van der Waals surface area contributed by atoms with Crippen molar-refractivity contribution in [2.75, 3.05) is 89.3 Å². The van der Waals surface area contributed by atoms with Crippen LogP contribution >= 0.6 is 0 Å². The van der Waals surface area contributed by atoms with Gasteiger partial charge in [0.05, 0.1) is 57.1 Å². The van der Waals surface area contributed by atoms with Gasteiger partial charge in [-0.1, -0.05) is 18.2 Å². The highest BCUT2D eigenvalue weighted by Gasteiger charge is 2.39. The predicted octanol–water partition coefficient (Wildman–Crippen LogP) is 4.50. The van der Waals surface area contributed by atoms with Gasteiger partial charge >= 0.3 is 6.18 Å². The summed E-state index contributed by atoms with van der Waals surface area (Å²) in [5.74, 6) is -1.59. The number of hydrogen-bond donors (Lipinski definition) is 3. The van der Waals surface area contributed by atoms with E-state index in [0.29, 0.717) is 112 Å². The molecule has 3 aliphatic rings. The molecule has 17 nitrogen and oxygen atoms in total. The van der Waals surface area contributed by atoms with E-state index in [9.17, 15) is 37.1 Å². The molecule has 0 aliphatic carbocycles. The minimum absolute atomic E-state index is 0.142. The van der Waals surface area contributed by atoms with E-state index in [1.165, 1.54) is 18.3 Å². The summed E-state index contributed by atoms with van der Waals surface area (Å²) in [5, 5.41) is 7.73. The fourth-order valence-corrected chi connectivity index (χ4v) is 7.91. The molecule has 0 radical (unpaired) electrons. The normalized spacial score (nSPS) is 16.2. The van der Waals surface area contributed by atoms with Crippen LogP contribution in [0.25, 0.3) is 11.1 Å². The zero-order valence-electron chi connectivity index (χ0n) is 37.0. The molecule has 20 heteroatoms. The van der Waals surface area contributed by atoms with Crippen LogP contribution in [0.2, 0.25) is 0 Å². The Kier molecular flexibility index (Phi) is 16.5. The largest absolute Gasteiger partial charge is 0.474 e. The molecule has 356 valence electrons. The van der Waals surface area contributed by atoms with Crippen molar-refractivity contribution in [3.63, 3.8) is 0 Å². The zero-order chi connectivity index (χ0) is 47.3. The monoisotopic (exact) mass is 931 g/mol. The number of aromatic nitrogens is 2. The van der Waals surface area contributed by atoms with Gasteiger partial charge in [0, 0.05) is 73.4 Å². The van der Waals surface area contributed by atoms with Gasteiger partial charge in [-0.15, -0.1) is 0 Å². The van der Waals surface area contributed by atoms with E-state index in [1.54, 1.807) is 30.2 Å². The summed E-state index contributed by atoms with van der Waals surface area (Å²) in [5.41, 5.74) is 4.42. The first kappa shape index (κ1) is 48.5. The lowest BCUT2D eigenvalue weighted by atomic mass is 10.00. The first-order chi connectivity index (χ1) is 32.4. The Morgan fingerprint density at radius 2 is 1.67 bits per heavy atom. The number of ether oxygens (including phenoxy) is 5. The summed E-state index contributed by atoms with van der Waals surface area (Å²) in [4.78, 5) is 74.9. The van der Waals surface area contributed by atoms with E-state index in [0.717, 1.165) is 23.3 Å². The lowest BCUT2D eigenvalue weighted by molar-refractivity contribution is -0.138. The van der Waals surface area contributed by atoms with Gasteiger partial charge in [0.15, 0.2) is 0 Å². The van der Waals surface area contributed by atoms with E-state index >= 15 is 0 Å². The van der Waals surface area contributed by atoms with Gasteiger partial charge in [0.25, 0.3) is 11.8 Å². The van der Waals surface area contributed by atoms with Crippen molar-refractivity contribution in [1.29, 1.82) is 0 Å². The molecule has 1 unspecified atom stereocenters. The van der Waals surface area contributed by atoms with Crippen LogP contribution in [0.3, 0.4) is 0 Å². The third kappa shape index (κ3) is 12.9. The molecule has 2 aromatic heterocycles. The number of nitrogens with zero attached hydrogens (tertiary/aromatic N) is 4. The van der Waals surface area contributed by atoms with Gasteiger partial charge in [0.1, 0.15) is 24.9 Å². The number of nitrogens with one attached hydrogen (secondary N) is 3. The number of hydrogen-bond acceptors (Lipinski definition) is 13. The van der Waals surface area contributed by atoms with Gasteiger partial charge < -0.3 is 44.1 Å². The van der Waals surface area contributed by atoms with E-state index < -0.39 is 29.6 Å². The maximum absolute atomic E-state index is 13.2. The fraction of sp³-hybridized carbons (Fsp3) is 0.426. The van der Waals surface area contributed by atoms with Crippen LogP contribution < -0.4 is 25.6 Å². The number of pyridine rings is 2. The molecule has 2 aromatic carbocycles. The van der Waals surface area contributed by atoms with E-state index in [4.69, 9.17) is 23.7 Å². The maximum atomic E-state index is 13.2. The fourth-order valence-electron chi connectivity index (χ4n) is 7.91.